The van der Waals surface area contributed by atoms with Gasteiger partial charge in [0.15, 0.2) is 0 Å². The molecular weight excluding hydrogens is 214 g/mol. The predicted octanol–water partition coefficient (Wildman–Crippen LogP) is 1.28. The SMILES string of the molecule is CC1CN(c2ccc([C@@H](C)O)cn2)CCN1C. The molecule has 2 atom stereocenters. The Bertz CT molecular complexity index is 363. The van der Waals surface area contributed by atoms with Gasteiger partial charge in [-0.25, -0.2) is 4.98 Å². The summed E-state index contributed by atoms with van der Waals surface area (Å²) in [6.45, 7) is 7.09. The Morgan fingerprint density at radius 3 is 2.71 bits per heavy atom. The van der Waals surface area contributed by atoms with Gasteiger partial charge < -0.3 is 14.9 Å². The minimum Gasteiger partial charge on any atom is -0.389 e. The van der Waals surface area contributed by atoms with Crippen LogP contribution in [0, 0.1) is 0 Å². The molecular formula is C13H21N3O. The lowest BCUT2D eigenvalue weighted by Crippen LogP contribution is -2.50. The first kappa shape index (κ1) is 12.3. The van der Waals surface area contributed by atoms with Gasteiger partial charge in [0.2, 0.25) is 0 Å². The van der Waals surface area contributed by atoms with Crippen LogP contribution < -0.4 is 4.90 Å². The zero-order valence-electron chi connectivity index (χ0n) is 10.8. The van der Waals surface area contributed by atoms with E-state index in [0.29, 0.717) is 6.04 Å². The van der Waals surface area contributed by atoms with Crippen LogP contribution >= 0.6 is 0 Å². The van der Waals surface area contributed by atoms with Gasteiger partial charge >= 0.3 is 0 Å². The van der Waals surface area contributed by atoms with Crippen LogP contribution in [0.2, 0.25) is 0 Å². The van der Waals surface area contributed by atoms with E-state index in [4.69, 9.17) is 0 Å². The summed E-state index contributed by atoms with van der Waals surface area (Å²) in [5.74, 6) is 1.01. The number of aromatic nitrogens is 1. The average Bonchev–Trinajstić information content (AvgIpc) is 2.33. The summed E-state index contributed by atoms with van der Waals surface area (Å²) >= 11 is 0. The van der Waals surface area contributed by atoms with Crippen molar-refractivity contribution in [1.82, 2.24) is 9.88 Å². The lowest BCUT2D eigenvalue weighted by molar-refractivity contribution is 0.199. The number of hydrogen-bond donors (Lipinski definition) is 1. The van der Waals surface area contributed by atoms with Crippen LogP contribution in [0.5, 0.6) is 0 Å². The third-order valence-corrected chi connectivity index (χ3v) is 3.54. The molecule has 0 amide bonds. The number of nitrogens with zero attached hydrogens (tertiary/aromatic N) is 3. The smallest absolute Gasteiger partial charge is 0.128 e. The van der Waals surface area contributed by atoms with E-state index in [2.05, 4.69) is 28.8 Å². The van der Waals surface area contributed by atoms with Crippen LogP contribution in [-0.2, 0) is 0 Å². The number of pyridine rings is 1. The third kappa shape index (κ3) is 2.76. The van der Waals surface area contributed by atoms with Crippen molar-refractivity contribution in [3.63, 3.8) is 0 Å². The number of piperazine rings is 1. The minimum absolute atomic E-state index is 0.442. The maximum atomic E-state index is 9.44. The van der Waals surface area contributed by atoms with Crippen LogP contribution in [0.1, 0.15) is 25.5 Å². The molecule has 1 aromatic heterocycles. The van der Waals surface area contributed by atoms with Crippen LogP contribution in [0.3, 0.4) is 0 Å². The topological polar surface area (TPSA) is 39.6 Å². The number of rotatable bonds is 2. The Kier molecular flexibility index (Phi) is 3.64. The molecule has 4 heteroatoms. The van der Waals surface area contributed by atoms with Gasteiger partial charge in [-0.1, -0.05) is 6.07 Å². The molecule has 0 radical (unpaired) electrons. The minimum atomic E-state index is -0.442. The van der Waals surface area contributed by atoms with Crippen molar-refractivity contribution in [3.05, 3.63) is 23.9 Å². The maximum Gasteiger partial charge on any atom is 0.128 e. The van der Waals surface area contributed by atoms with E-state index in [-0.39, 0.29) is 0 Å². The first-order chi connectivity index (χ1) is 8.08. The molecule has 1 unspecified atom stereocenters. The van der Waals surface area contributed by atoms with E-state index in [1.807, 2.05) is 12.1 Å². The fraction of sp³-hybridized carbons (Fsp3) is 0.615. The first-order valence-corrected chi connectivity index (χ1v) is 6.17. The highest BCUT2D eigenvalue weighted by atomic mass is 16.3. The molecule has 0 saturated carbocycles. The number of aliphatic hydroxyl groups excluding tert-OH is 1. The second-order valence-corrected chi connectivity index (χ2v) is 4.90. The molecule has 1 saturated heterocycles. The van der Waals surface area contributed by atoms with E-state index >= 15 is 0 Å². The summed E-state index contributed by atoms with van der Waals surface area (Å²) in [6, 6.07) is 4.51. The Morgan fingerprint density at radius 2 is 2.18 bits per heavy atom. The second-order valence-electron chi connectivity index (χ2n) is 4.90. The van der Waals surface area contributed by atoms with Crippen LogP contribution in [0.15, 0.2) is 18.3 Å². The van der Waals surface area contributed by atoms with Crippen LogP contribution in [0.25, 0.3) is 0 Å². The molecule has 94 valence electrons. The van der Waals surface area contributed by atoms with Crippen molar-refractivity contribution in [2.75, 3.05) is 31.6 Å². The molecule has 1 aliphatic rings. The summed E-state index contributed by atoms with van der Waals surface area (Å²) in [6.07, 6.45) is 1.33. The van der Waals surface area contributed by atoms with E-state index in [1.165, 1.54) is 0 Å². The van der Waals surface area contributed by atoms with Gasteiger partial charge in [0.1, 0.15) is 5.82 Å². The standard InChI is InChI=1S/C13H21N3O/c1-10-9-16(7-6-15(10)3)13-5-4-12(8-14-13)11(2)17/h4-5,8,10-11,17H,6-7,9H2,1-3H3/t10?,11-/m1/s1. The van der Waals surface area contributed by atoms with Crippen LogP contribution in [-0.4, -0.2) is 47.7 Å². The number of aliphatic hydroxyl groups is 1. The van der Waals surface area contributed by atoms with Crippen molar-refractivity contribution in [3.8, 4) is 0 Å². The molecule has 0 aromatic carbocycles. The highest BCUT2D eigenvalue weighted by molar-refractivity contribution is 5.40. The molecule has 0 bridgehead atoms. The van der Waals surface area contributed by atoms with Gasteiger partial charge in [0, 0.05) is 31.9 Å². The maximum absolute atomic E-state index is 9.44. The van der Waals surface area contributed by atoms with E-state index < -0.39 is 6.10 Å². The molecule has 0 spiro atoms. The Hall–Kier alpha value is -1.13. The number of likely N-dealkylation sites (N-methyl/N-ethyl adjacent to an activating group) is 1. The van der Waals surface area contributed by atoms with Gasteiger partial charge in [-0.15, -0.1) is 0 Å². The zero-order chi connectivity index (χ0) is 12.4. The molecule has 1 aromatic rings. The molecule has 4 nitrogen and oxygen atoms in total. The van der Waals surface area contributed by atoms with Crippen molar-refractivity contribution >= 4 is 5.82 Å². The quantitative estimate of drug-likeness (QED) is 0.838. The van der Waals surface area contributed by atoms with Crippen molar-refractivity contribution < 1.29 is 5.11 Å². The van der Waals surface area contributed by atoms with Gasteiger partial charge in [0.25, 0.3) is 0 Å². The van der Waals surface area contributed by atoms with Crippen molar-refractivity contribution in [2.24, 2.45) is 0 Å². The van der Waals surface area contributed by atoms with Crippen molar-refractivity contribution in [2.45, 2.75) is 26.0 Å². The Balaban J connectivity index is 2.07. The molecule has 1 aliphatic heterocycles. The Labute approximate surface area is 103 Å². The highest BCUT2D eigenvalue weighted by Gasteiger charge is 2.21. The normalized spacial score (nSPS) is 23.8. The average molecular weight is 235 g/mol. The van der Waals surface area contributed by atoms with E-state index in [1.54, 1.807) is 13.1 Å². The van der Waals surface area contributed by atoms with Gasteiger partial charge in [-0.3, -0.25) is 0 Å². The number of anilines is 1. The molecule has 2 heterocycles. The number of hydrogen-bond acceptors (Lipinski definition) is 4. The third-order valence-electron chi connectivity index (χ3n) is 3.54. The van der Waals surface area contributed by atoms with Crippen molar-refractivity contribution in [1.29, 1.82) is 0 Å². The zero-order valence-corrected chi connectivity index (χ0v) is 10.8. The summed E-state index contributed by atoms with van der Waals surface area (Å²) in [5, 5.41) is 9.44. The summed E-state index contributed by atoms with van der Waals surface area (Å²) < 4.78 is 0. The summed E-state index contributed by atoms with van der Waals surface area (Å²) in [4.78, 5) is 9.09. The lowest BCUT2D eigenvalue weighted by Gasteiger charge is -2.38. The molecule has 0 aliphatic carbocycles. The summed E-state index contributed by atoms with van der Waals surface area (Å²) in [7, 11) is 2.16. The molecule has 1 N–H and O–H groups in total. The van der Waals surface area contributed by atoms with E-state index in [9.17, 15) is 5.11 Å². The summed E-state index contributed by atoms with van der Waals surface area (Å²) in [5.41, 5.74) is 0.871. The predicted molar refractivity (Wildman–Crippen MR) is 69.2 cm³/mol. The lowest BCUT2D eigenvalue weighted by atomic mass is 10.1. The largest absolute Gasteiger partial charge is 0.389 e. The second kappa shape index (κ2) is 5.02. The van der Waals surface area contributed by atoms with Gasteiger partial charge in [-0.2, -0.15) is 0 Å². The monoisotopic (exact) mass is 235 g/mol. The molecule has 2 rings (SSSR count). The van der Waals surface area contributed by atoms with Gasteiger partial charge in [0.05, 0.1) is 6.10 Å². The molecule has 17 heavy (non-hydrogen) atoms. The fourth-order valence-corrected chi connectivity index (χ4v) is 2.09. The highest BCUT2D eigenvalue weighted by Crippen LogP contribution is 2.18. The first-order valence-electron chi connectivity index (χ1n) is 6.17. The van der Waals surface area contributed by atoms with Gasteiger partial charge in [-0.05, 0) is 32.5 Å². The molecule has 1 fully saturated rings. The Morgan fingerprint density at radius 1 is 1.41 bits per heavy atom. The van der Waals surface area contributed by atoms with Crippen LogP contribution in [0.4, 0.5) is 5.82 Å². The van der Waals surface area contributed by atoms with E-state index in [0.717, 1.165) is 31.0 Å². The fourth-order valence-electron chi connectivity index (χ4n) is 2.09.